The number of carbonyl (C=O) groups is 3. The lowest BCUT2D eigenvalue weighted by Gasteiger charge is -2.25. The van der Waals surface area contributed by atoms with Crippen LogP contribution in [-0.2, 0) is 9.59 Å². The molecule has 1 aromatic carbocycles. The summed E-state index contributed by atoms with van der Waals surface area (Å²) >= 11 is 1.10. The number of ether oxygens (including phenoxy) is 1. The Morgan fingerprint density at radius 2 is 2.03 bits per heavy atom. The maximum absolute atomic E-state index is 15.6. The molecule has 3 aliphatic rings. The molecule has 0 radical (unpaired) electrons. The first kappa shape index (κ1) is 23.8. The first-order chi connectivity index (χ1) is 16.8. The number of nitrogens with zero attached hydrogens (tertiary/aromatic N) is 2. The number of nitrogens with two attached hydrogens (primary N) is 1. The average molecular weight is 503 g/mol. The van der Waals surface area contributed by atoms with Gasteiger partial charge in [0.15, 0.2) is 23.1 Å². The van der Waals surface area contributed by atoms with Crippen LogP contribution >= 0.6 is 11.8 Å². The molecule has 1 aliphatic carbocycles. The van der Waals surface area contributed by atoms with Gasteiger partial charge in [-0.3, -0.25) is 19.2 Å². The predicted octanol–water partition coefficient (Wildman–Crippen LogP) is 1.63. The molecule has 1 saturated heterocycles. The summed E-state index contributed by atoms with van der Waals surface area (Å²) in [6.07, 6.45) is 2.45. The normalized spacial score (nSPS) is 21.5. The second-order valence-corrected chi connectivity index (χ2v) is 10.4. The molecule has 11 heteroatoms. The van der Waals surface area contributed by atoms with Gasteiger partial charge in [0.2, 0.25) is 11.3 Å². The molecule has 2 atom stereocenters. The van der Waals surface area contributed by atoms with Crippen LogP contribution in [-0.4, -0.2) is 60.6 Å². The Kier molecular flexibility index (Phi) is 6.08. The van der Waals surface area contributed by atoms with Crippen LogP contribution < -0.4 is 26.1 Å². The molecule has 1 amide bonds. The summed E-state index contributed by atoms with van der Waals surface area (Å²) in [5, 5.41) is 2.37. The van der Waals surface area contributed by atoms with Crippen LogP contribution in [0.1, 0.15) is 42.6 Å². The number of carbonyl (C=O) groups excluding carboxylic acids is 3. The lowest BCUT2D eigenvalue weighted by Crippen LogP contribution is -2.35. The zero-order chi connectivity index (χ0) is 25.0. The molecule has 3 N–H and O–H groups in total. The molecule has 2 aliphatic heterocycles. The number of Topliss-reactive ketones (excluding diaryl/α,β-unsaturated/α-hetero) is 2. The van der Waals surface area contributed by atoms with Crippen LogP contribution in [0.2, 0.25) is 0 Å². The van der Waals surface area contributed by atoms with Gasteiger partial charge in [0.1, 0.15) is 10.9 Å². The summed E-state index contributed by atoms with van der Waals surface area (Å²) < 4.78 is 23.3. The maximum Gasteiger partial charge on any atom is 0.233 e. The van der Waals surface area contributed by atoms with E-state index in [1.54, 1.807) is 0 Å². The highest BCUT2D eigenvalue weighted by Gasteiger charge is 2.43. The third kappa shape index (κ3) is 3.90. The number of anilines is 1. The van der Waals surface area contributed by atoms with Crippen LogP contribution in [0.3, 0.4) is 0 Å². The molecule has 1 aromatic heterocycles. The Bertz CT molecular complexity index is 1320. The van der Waals surface area contributed by atoms with E-state index in [-0.39, 0.29) is 52.6 Å². The van der Waals surface area contributed by atoms with Gasteiger partial charge in [-0.05, 0) is 38.2 Å². The van der Waals surface area contributed by atoms with Crippen molar-refractivity contribution < 1.29 is 23.5 Å². The van der Waals surface area contributed by atoms with Gasteiger partial charge in [-0.25, -0.2) is 4.39 Å². The SMILES string of the molecule is COc1c(N2CC[C@@H](CNC(=O)CN)C2)c(F)cc2c(=O)c3c(n(C4CC4)c12)SC(C(C)=O)C3=O. The quantitative estimate of drug-likeness (QED) is 0.548. The van der Waals surface area contributed by atoms with E-state index < -0.39 is 22.3 Å². The van der Waals surface area contributed by atoms with Gasteiger partial charge in [-0.15, -0.1) is 0 Å². The Morgan fingerprint density at radius 1 is 1.29 bits per heavy atom. The Morgan fingerprint density at radius 3 is 2.66 bits per heavy atom. The van der Waals surface area contributed by atoms with E-state index in [2.05, 4.69) is 5.32 Å². The zero-order valence-corrected chi connectivity index (χ0v) is 20.4. The van der Waals surface area contributed by atoms with Crippen LogP contribution in [0.25, 0.3) is 10.9 Å². The summed E-state index contributed by atoms with van der Waals surface area (Å²) in [5.74, 6) is -1.31. The number of halogens is 1. The van der Waals surface area contributed by atoms with Crippen molar-refractivity contribution in [2.75, 3.05) is 38.2 Å². The molecular weight excluding hydrogens is 475 g/mol. The maximum atomic E-state index is 15.6. The fourth-order valence-corrected chi connectivity index (χ4v) is 6.35. The number of benzene rings is 1. The van der Waals surface area contributed by atoms with Crippen molar-refractivity contribution >= 4 is 45.8 Å². The van der Waals surface area contributed by atoms with Gasteiger partial charge in [-0.2, -0.15) is 0 Å². The third-order valence-corrected chi connectivity index (χ3v) is 8.31. The number of pyridine rings is 1. The molecule has 2 fully saturated rings. The summed E-state index contributed by atoms with van der Waals surface area (Å²) in [5.41, 5.74) is 5.48. The predicted molar refractivity (Wildman–Crippen MR) is 130 cm³/mol. The Hall–Kier alpha value is -2.92. The summed E-state index contributed by atoms with van der Waals surface area (Å²) in [6.45, 7) is 2.75. The molecule has 5 rings (SSSR count). The van der Waals surface area contributed by atoms with Crippen molar-refractivity contribution in [1.82, 2.24) is 9.88 Å². The van der Waals surface area contributed by atoms with Crippen molar-refractivity contribution in [3.05, 3.63) is 27.7 Å². The van der Waals surface area contributed by atoms with Crippen molar-refractivity contribution in [3.8, 4) is 5.75 Å². The largest absolute Gasteiger partial charge is 0.492 e. The van der Waals surface area contributed by atoms with Crippen LogP contribution in [0.15, 0.2) is 15.9 Å². The number of nitrogens with one attached hydrogen (secondary N) is 1. The number of rotatable bonds is 7. The van der Waals surface area contributed by atoms with Gasteiger partial charge in [0.25, 0.3) is 0 Å². The molecule has 1 saturated carbocycles. The fraction of sp³-hybridized carbons (Fsp3) is 0.500. The highest BCUT2D eigenvalue weighted by atomic mass is 32.2. The van der Waals surface area contributed by atoms with Crippen LogP contribution in [0, 0.1) is 11.7 Å². The average Bonchev–Trinajstić information content (AvgIpc) is 3.45. The van der Waals surface area contributed by atoms with E-state index in [1.807, 2.05) is 9.47 Å². The van der Waals surface area contributed by atoms with Crippen molar-refractivity contribution in [2.24, 2.45) is 11.7 Å². The first-order valence-corrected chi connectivity index (χ1v) is 12.6. The topological polar surface area (TPSA) is 124 Å². The minimum absolute atomic E-state index is 0.0271. The van der Waals surface area contributed by atoms with E-state index in [9.17, 15) is 19.2 Å². The van der Waals surface area contributed by atoms with E-state index in [0.29, 0.717) is 30.2 Å². The third-order valence-electron chi connectivity index (χ3n) is 6.90. The van der Waals surface area contributed by atoms with Gasteiger partial charge in [0.05, 0.1) is 35.1 Å². The first-order valence-electron chi connectivity index (χ1n) is 11.7. The zero-order valence-electron chi connectivity index (χ0n) is 19.6. The monoisotopic (exact) mass is 502 g/mol. The molecule has 3 heterocycles. The Labute approximate surface area is 205 Å². The smallest absolute Gasteiger partial charge is 0.233 e. The number of hydrogen-bond donors (Lipinski definition) is 2. The summed E-state index contributed by atoms with van der Waals surface area (Å²) in [4.78, 5) is 51.9. The van der Waals surface area contributed by atoms with Crippen LogP contribution in [0.5, 0.6) is 5.75 Å². The highest BCUT2D eigenvalue weighted by molar-refractivity contribution is 8.02. The molecule has 186 valence electrons. The minimum atomic E-state index is -0.960. The minimum Gasteiger partial charge on any atom is -0.492 e. The second-order valence-electron chi connectivity index (χ2n) is 9.33. The van der Waals surface area contributed by atoms with Gasteiger partial charge >= 0.3 is 0 Å². The second kappa shape index (κ2) is 8.94. The number of amides is 1. The van der Waals surface area contributed by atoms with Gasteiger partial charge in [0, 0.05) is 25.7 Å². The van der Waals surface area contributed by atoms with Crippen LogP contribution in [0.4, 0.5) is 10.1 Å². The molecule has 9 nitrogen and oxygen atoms in total. The standard InChI is InChI=1S/C24H27FN4O5S/c1-11(30)23-21(33)17-20(32)14-7-15(25)19(28-6-5-12(10-28)9-27-16(31)8-26)22(34-2)18(14)29(13-3-4-13)24(17)35-23/h7,12-13,23H,3-6,8-10,26H2,1-2H3,(H,27,31)/t12-,23?/m0/s1. The lowest BCUT2D eigenvalue weighted by molar-refractivity contribution is -0.120. The molecule has 2 aromatic rings. The van der Waals surface area contributed by atoms with Crippen molar-refractivity contribution in [3.63, 3.8) is 0 Å². The van der Waals surface area contributed by atoms with E-state index in [4.69, 9.17) is 10.5 Å². The number of methoxy groups -OCH3 is 1. The number of thioether (sulfide) groups is 1. The number of fused-ring (bicyclic) bond motifs is 2. The summed E-state index contributed by atoms with van der Waals surface area (Å²) in [7, 11) is 1.44. The van der Waals surface area contributed by atoms with Gasteiger partial charge in [-0.1, -0.05) is 11.8 Å². The number of aromatic nitrogens is 1. The van der Waals surface area contributed by atoms with E-state index >= 15 is 4.39 Å². The van der Waals surface area contributed by atoms with E-state index in [1.165, 1.54) is 20.1 Å². The molecule has 1 unspecified atom stereocenters. The molecule has 0 bridgehead atoms. The number of hydrogen-bond acceptors (Lipinski definition) is 8. The highest BCUT2D eigenvalue weighted by Crippen LogP contribution is 2.49. The van der Waals surface area contributed by atoms with Crippen molar-refractivity contribution in [2.45, 2.75) is 42.5 Å². The van der Waals surface area contributed by atoms with E-state index in [0.717, 1.165) is 31.0 Å². The van der Waals surface area contributed by atoms with Gasteiger partial charge < -0.3 is 25.3 Å². The van der Waals surface area contributed by atoms with Crippen molar-refractivity contribution in [1.29, 1.82) is 0 Å². The lowest BCUT2D eigenvalue weighted by atomic mass is 10.0. The fourth-order valence-electron chi connectivity index (χ4n) is 5.07. The molecule has 0 spiro atoms. The molecular formula is C24H27FN4O5S. The number of ketones is 2. The molecule has 35 heavy (non-hydrogen) atoms. The summed E-state index contributed by atoms with van der Waals surface area (Å²) in [6, 6.07) is 1.24. The Balaban J connectivity index is 1.64.